The highest BCUT2D eigenvalue weighted by molar-refractivity contribution is 7.13. The molecule has 106 valence electrons. The summed E-state index contributed by atoms with van der Waals surface area (Å²) in [5.74, 6) is 0. The van der Waals surface area contributed by atoms with Crippen molar-refractivity contribution < 1.29 is 13.2 Å². The lowest BCUT2D eigenvalue weighted by atomic mass is 10.1. The van der Waals surface area contributed by atoms with Crippen molar-refractivity contribution in [1.29, 1.82) is 0 Å². The first-order valence-corrected chi connectivity index (χ1v) is 6.69. The monoisotopic (exact) mass is 319 g/mol. The summed E-state index contributed by atoms with van der Waals surface area (Å²) >= 11 is 7.02. The van der Waals surface area contributed by atoms with E-state index in [2.05, 4.69) is 15.5 Å². The molecule has 20 heavy (non-hydrogen) atoms. The Bertz CT molecular complexity index is 637. The third-order valence-electron chi connectivity index (χ3n) is 2.24. The largest absolute Gasteiger partial charge is 0.416 e. The van der Waals surface area contributed by atoms with Crippen LogP contribution in [0.15, 0.2) is 28.7 Å². The quantitative estimate of drug-likeness (QED) is 0.664. The molecule has 1 N–H and O–H groups in total. The number of anilines is 1. The maximum Gasteiger partial charge on any atom is 0.416 e. The van der Waals surface area contributed by atoms with E-state index in [9.17, 15) is 13.2 Å². The Labute approximate surface area is 122 Å². The molecule has 0 fully saturated rings. The zero-order valence-electron chi connectivity index (χ0n) is 10.2. The first-order chi connectivity index (χ1) is 9.34. The zero-order valence-corrected chi connectivity index (χ0v) is 11.8. The summed E-state index contributed by atoms with van der Waals surface area (Å²) in [7, 11) is 0. The van der Waals surface area contributed by atoms with E-state index in [1.165, 1.54) is 23.6 Å². The molecular weight excluding hydrogens is 311 g/mol. The number of rotatable bonds is 3. The van der Waals surface area contributed by atoms with Gasteiger partial charge in [-0.1, -0.05) is 11.6 Å². The van der Waals surface area contributed by atoms with Crippen LogP contribution in [0.4, 0.5) is 18.3 Å². The second-order valence-electron chi connectivity index (χ2n) is 3.94. The maximum absolute atomic E-state index is 12.6. The molecule has 0 spiro atoms. The van der Waals surface area contributed by atoms with Gasteiger partial charge in [-0.2, -0.15) is 18.3 Å². The Balaban J connectivity index is 2.15. The predicted octanol–water partition coefficient (Wildman–Crippen LogP) is 4.57. The van der Waals surface area contributed by atoms with Gasteiger partial charge in [0.15, 0.2) is 0 Å². The van der Waals surface area contributed by atoms with Crippen LogP contribution >= 0.6 is 22.9 Å². The average molecular weight is 320 g/mol. The van der Waals surface area contributed by atoms with Crippen LogP contribution < -0.4 is 5.43 Å². The third kappa shape index (κ3) is 3.94. The molecule has 8 heteroatoms. The average Bonchev–Trinajstić information content (AvgIpc) is 2.73. The molecule has 1 heterocycles. The topological polar surface area (TPSA) is 37.3 Å². The molecule has 0 radical (unpaired) electrons. The first kappa shape index (κ1) is 14.8. The van der Waals surface area contributed by atoms with E-state index >= 15 is 0 Å². The molecule has 0 saturated heterocycles. The van der Waals surface area contributed by atoms with Crippen LogP contribution in [0.2, 0.25) is 5.02 Å². The molecule has 0 saturated carbocycles. The van der Waals surface area contributed by atoms with Gasteiger partial charge in [0.2, 0.25) is 5.13 Å². The smallest absolute Gasteiger partial charge is 0.253 e. The van der Waals surface area contributed by atoms with Gasteiger partial charge in [-0.15, -0.1) is 11.3 Å². The number of hydrogen-bond acceptors (Lipinski definition) is 4. The van der Waals surface area contributed by atoms with Gasteiger partial charge in [-0.25, -0.2) is 4.98 Å². The number of nitrogens with zero attached hydrogens (tertiary/aromatic N) is 2. The number of aryl methyl sites for hydroxylation is 1. The van der Waals surface area contributed by atoms with Gasteiger partial charge < -0.3 is 0 Å². The van der Waals surface area contributed by atoms with E-state index in [0.29, 0.717) is 5.13 Å². The minimum absolute atomic E-state index is 0.00590. The minimum atomic E-state index is -4.44. The fourth-order valence-corrected chi connectivity index (χ4v) is 2.30. The molecular formula is C12H9ClF3N3S. The van der Waals surface area contributed by atoms with Gasteiger partial charge in [0, 0.05) is 10.4 Å². The molecule has 0 aliphatic rings. The molecule has 0 unspecified atom stereocenters. The van der Waals surface area contributed by atoms with Crippen LogP contribution in [0.3, 0.4) is 0 Å². The van der Waals surface area contributed by atoms with Gasteiger partial charge in [-0.3, -0.25) is 5.43 Å². The summed E-state index contributed by atoms with van der Waals surface area (Å²) < 4.78 is 37.8. The van der Waals surface area contributed by atoms with Crippen LogP contribution in [-0.4, -0.2) is 11.2 Å². The number of halogens is 4. The van der Waals surface area contributed by atoms with Crippen molar-refractivity contribution in [1.82, 2.24) is 4.98 Å². The number of hydrazone groups is 1. The van der Waals surface area contributed by atoms with Gasteiger partial charge >= 0.3 is 6.18 Å². The van der Waals surface area contributed by atoms with E-state index in [-0.39, 0.29) is 10.6 Å². The maximum atomic E-state index is 12.6. The molecule has 0 atom stereocenters. The van der Waals surface area contributed by atoms with Crippen molar-refractivity contribution in [2.45, 2.75) is 13.1 Å². The van der Waals surface area contributed by atoms with Crippen LogP contribution in [-0.2, 0) is 6.18 Å². The van der Waals surface area contributed by atoms with Gasteiger partial charge in [0.25, 0.3) is 0 Å². The molecule has 0 aliphatic carbocycles. The Kier molecular flexibility index (Phi) is 4.29. The summed E-state index contributed by atoms with van der Waals surface area (Å²) in [6, 6.07) is 3.25. The lowest BCUT2D eigenvalue weighted by molar-refractivity contribution is -0.137. The Hall–Kier alpha value is -1.60. The van der Waals surface area contributed by atoms with E-state index in [0.717, 1.165) is 17.8 Å². The highest BCUT2D eigenvalue weighted by Crippen LogP contribution is 2.31. The predicted molar refractivity (Wildman–Crippen MR) is 74.5 cm³/mol. The van der Waals surface area contributed by atoms with E-state index in [1.54, 1.807) is 0 Å². The summed E-state index contributed by atoms with van der Waals surface area (Å²) in [5, 5.41) is 6.24. The highest BCUT2D eigenvalue weighted by atomic mass is 35.5. The Morgan fingerprint density at radius 3 is 2.70 bits per heavy atom. The van der Waals surface area contributed by atoms with Crippen molar-refractivity contribution >= 4 is 34.3 Å². The van der Waals surface area contributed by atoms with Gasteiger partial charge in [0.05, 0.1) is 17.5 Å². The Morgan fingerprint density at radius 2 is 2.10 bits per heavy atom. The molecule has 1 aromatic heterocycles. The van der Waals surface area contributed by atoms with Gasteiger partial charge in [0.1, 0.15) is 0 Å². The fraction of sp³-hybridized carbons (Fsp3) is 0.167. The summed E-state index contributed by atoms with van der Waals surface area (Å²) in [6.07, 6.45) is -3.18. The SMILES string of the molecule is Cc1csc(NN=Cc2cc(Cl)cc(C(F)(F)F)c2)n1. The number of nitrogens with one attached hydrogen (secondary N) is 1. The highest BCUT2D eigenvalue weighted by Gasteiger charge is 2.30. The lowest BCUT2D eigenvalue weighted by Gasteiger charge is -2.07. The van der Waals surface area contributed by atoms with Crippen molar-refractivity contribution in [3.05, 3.63) is 45.4 Å². The molecule has 2 aromatic rings. The van der Waals surface area contributed by atoms with Crippen molar-refractivity contribution in [3.8, 4) is 0 Å². The van der Waals surface area contributed by atoms with Gasteiger partial charge in [-0.05, 0) is 30.7 Å². The van der Waals surface area contributed by atoms with E-state index in [4.69, 9.17) is 11.6 Å². The van der Waals surface area contributed by atoms with Crippen molar-refractivity contribution in [3.63, 3.8) is 0 Å². The van der Waals surface area contributed by atoms with Crippen molar-refractivity contribution in [2.75, 3.05) is 5.43 Å². The number of hydrogen-bond donors (Lipinski definition) is 1. The molecule has 0 amide bonds. The summed E-state index contributed by atoms with van der Waals surface area (Å²) in [4.78, 5) is 4.10. The third-order valence-corrected chi connectivity index (χ3v) is 3.32. The Morgan fingerprint density at radius 1 is 1.35 bits per heavy atom. The minimum Gasteiger partial charge on any atom is -0.253 e. The van der Waals surface area contributed by atoms with Crippen molar-refractivity contribution in [2.24, 2.45) is 5.10 Å². The fourth-order valence-electron chi connectivity index (χ4n) is 1.42. The molecule has 0 bridgehead atoms. The summed E-state index contributed by atoms with van der Waals surface area (Å²) in [5.41, 5.74) is 2.93. The van der Waals surface area contributed by atoms with Crippen LogP contribution in [0.25, 0.3) is 0 Å². The second kappa shape index (κ2) is 5.80. The molecule has 0 aliphatic heterocycles. The number of alkyl halides is 3. The van der Waals surface area contributed by atoms with Crippen LogP contribution in [0.1, 0.15) is 16.8 Å². The van der Waals surface area contributed by atoms with Crippen LogP contribution in [0, 0.1) is 6.92 Å². The second-order valence-corrected chi connectivity index (χ2v) is 5.23. The lowest BCUT2D eigenvalue weighted by Crippen LogP contribution is -2.05. The normalized spacial score (nSPS) is 12.1. The summed E-state index contributed by atoms with van der Waals surface area (Å²) in [6.45, 7) is 1.83. The van der Waals surface area contributed by atoms with Crippen LogP contribution in [0.5, 0.6) is 0 Å². The standard InChI is InChI=1S/C12H9ClF3N3S/c1-7-6-20-11(18-7)19-17-5-8-2-9(12(14,15)16)4-10(13)3-8/h2-6H,1H3,(H,18,19). The first-order valence-electron chi connectivity index (χ1n) is 5.43. The van der Waals surface area contributed by atoms with E-state index in [1.807, 2.05) is 12.3 Å². The zero-order chi connectivity index (χ0) is 14.8. The number of thiazole rings is 1. The molecule has 1 aromatic carbocycles. The number of benzene rings is 1. The number of aromatic nitrogens is 1. The molecule has 3 nitrogen and oxygen atoms in total. The molecule has 2 rings (SSSR count). The van der Waals surface area contributed by atoms with E-state index < -0.39 is 11.7 Å².